The first kappa shape index (κ1) is 22.6. The molecule has 5 nitrogen and oxygen atoms in total. The molecular weight excluding hydrogens is 438 g/mol. The Kier molecular flexibility index (Phi) is 6.25. The van der Waals surface area contributed by atoms with Crippen molar-refractivity contribution in [1.82, 2.24) is 4.90 Å². The Hall–Kier alpha value is -3.57. The summed E-state index contributed by atoms with van der Waals surface area (Å²) in [5.74, 6) is -1.51. The molecule has 0 spiro atoms. The van der Waals surface area contributed by atoms with Crippen molar-refractivity contribution in [3.8, 4) is 5.75 Å². The van der Waals surface area contributed by atoms with Gasteiger partial charge in [0.15, 0.2) is 0 Å². The van der Waals surface area contributed by atoms with Gasteiger partial charge in [0.2, 0.25) is 0 Å². The number of aryl methyl sites for hydroxylation is 2. The molecule has 2 N–H and O–H groups in total. The van der Waals surface area contributed by atoms with Crippen molar-refractivity contribution >= 4 is 29.1 Å². The average molecular weight is 462 g/mol. The molecule has 1 saturated heterocycles. The smallest absolute Gasteiger partial charge is 0.295 e. The van der Waals surface area contributed by atoms with Gasteiger partial charge in [-0.15, -0.1) is 0 Å². The number of carbonyl (C=O) groups excluding carboxylic acids is 2. The molecule has 0 aromatic heterocycles. The van der Waals surface area contributed by atoms with Crippen molar-refractivity contribution in [2.24, 2.45) is 0 Å². The monoisotopic (exact) mass is 461 g/mol. The normalized spacial score (nSPS) is 17.5. The molecule has 6 heteroatoms. The van der Waals surface area contributed by atoms with Crippen LogP contribution in [0.1, 0.15) is 33.9 Å². The number of likely N-dealkylation sites (tertiary alicyclic amines) is 1. The number of aromatic hydroxyl groups is 1. The lowest BCUT2D eigenvalue weighted by Crippen LogP contribution is -2.31. The molecule has 1 aliphatic rings. The topological polar surface area (TPSA) is 77.8 Å². The maximum Gasteiger partial charge on any atom is 0.295 e. The zero-order valence-electron chi connectivity index (χ0n) is 18.4. The van der Waals surface area contributed by atoms with Crippen LogP contribution in [0.25, 0.3) is 5.76 Å². The summed E-state index contributed by atoms with van der Waals surface area (Å²) in [6.45, 7) is 4.17. The van der Waals surface area contributed by atoms with E-state index in [1.807, 2.05) is 32.0 Å². The van der Waals surface area contributed by atoms with Crippen molar-refractivity contribution in [3.63, 3.8) is 0 Å². The third kappa shape index (κ3) is 4.50. The minimum atomic E-state index is -0.764. The van der Waals surface area contributed by atoms with Crippen molar-refractivity contribution in [2.45, 2.75) is 26.3 Å². The van der Waals surface area contributed by atoms with E-state index in [9.17, 15) is 19.8 Å². The lowest BCUT2D eigenvalue weighted by atomic mass is 9.94. The number of phenols is 1. The molecule has 1 atom stereocenters. The van der Waals surface area contributed by atoms with Crippen molar-refractivity contribution in [3.05, 3.63) is 105 Å². The first-order valence-corrected chi connectivity index (χ1v) is 11.0. The second-order valence-electron chi connectivity index (χ2n) is 8.26. The number of nitrogens with zero attached hydrogens (tertiary/aromatic N) is 1. The van der Waals surface area contributed by atoms with Gasteiger partial charge >= 0.3 is 0 Å². The van der Waals surface area contributed by atoms with E-state index in [4.69, 9.17) is 11.6 Å². The summed E-state index contributed by atoms with van der Waals surface area (Å²) in [6.07, 6.45) is 0.516. The fourth-order valence-corrected chi connectivity index (χ4v) is 4.18. The number of rotatable bonds is 5. The number of Topliss-reactive ketones (excluding diaryl/α,β-unsaturated/α-hetero) is 1. The molecule has 1 fully saturated rings. The van der Waals surface area contributed by atoms with Gasteiger partial charge in [0.1, 0.15) is 11.5 Å². The van der Waals surface area contributed by atoms with E-state index in [-0.39, 0.29) is 23.6 Å². The van der Waals surface area contributed by atoms with Crippen molar-refractivity contribution < 1.29 is 19.8 Å². The van der Waals surface area contributed by atoms with Crippen LogP contribution in [0.5, 0.6) is 5.75 Å². The summed E-state index contributed by atoms with van der Waals surface area (Å²) in [7, 11) is 0. The summed E-state index contributed by atoms with van der Waals surface area (Å²) in [4.78, 5) is 27.7. The van der Waals surface area contributed by atoms with Gasteiger partial charge < -0.3 is 15.1 Å². The third-order valence-electron chi connectivity index (χ3n) is 6.08. The van der Waals surface area contributed by atoms with Gasteiger partial charge in [0, 0.05) is 17.1 Å². The van der Waals surface area contributed by atoms with Gasteiger partial charge in [-0.1, -0.05) is 48.0 Å². The Morgan fingerprint density at radius 3 is 2.24 bits per heavy atom. The Bertz CT molecular complexity index is 1250. The number of carbonyl (C=O) groups is 2. The summed E-state index contributed by atoms with van der Waals surface area (Å²) in [5, 5.41) is 21.5. The zero-order valence-corrected chi connectivity index (χ0v) is 19.1. The van der Waals surface area contributed by atoms with Crippen LogP contribution in [0.3, 0.4) is 0 Å². The fraction of sp³-hybridized carbons (Fsp3) is 0.185. The summed E-state index contributed by atoms with van der Waals surface area (Å²) < 4.78 is 0. The highest BCUT2D eigenvalue weighted by atomic mass is 35.5. The number of phenolic OH excluding ortho intramolecular Hbond substituents is 1. The molecule has 0 bridgehead atoms. The Balaban J connectivity index is 1.78. The maximum atomic E-state index is 13.1. The molecule has 1 amide bonds. The molecule has 168 valence electrons. The van der Waals surface area contributed by atoms with Crippen molar-refractivity contribution in [1.29, 1.82) is 0 Å². The van der Waals surface area contributed by atoms with Crippen LogP contribution < -0.4 is 0 Å². The predicted molar refractivity (Wildman–Crippen MR) is 128 cm³/mol. The highest BCUT2D eigenvalue weighted by Gasteiger charge is 2.45. The number of amides is 1. The summed E-state index contributed by atoms with van der Waals surface area (Å²) >= 11 is 5.97. The van der Waals surface area contributed by atoms with E-state index in [0.717, 1.165) is 16.7 Å². The average Bonchev–Trinajstić information content (AvgIpc) is 3.05. The quantitative estimate of drug-likeness (QED) is 0.306. The van der Waals surface area contributed by atoms with Gasteiger partial charge in [0.25, 0.3) is 11.7 Å². The van der Waals surface area contributed by atoms with E-state index in [0.29, 0.717) is 22.6 Å². The van der Waals surface area contributed by atoms with Crippen LogP contribution >= 0.6 is 11.6 Å². The Morgan fingerprint density at radius 1 is 0.939 bits per heavy atom. The van der Waals surface area contributed by atoms with Crippen LogP contribution in [0, 0.1) is 13.8 Å². The largest absolute Gasteiger partial charge is 0.508 e. The fourth-order valence-electron chi connectivity index (χ4n) is 4.06. The van der Waals surface area contributed by atoms with E-state index in [1.165, 1.54) is 17.0 Å². The number of halogens is 1. The Morgan fingerprint density at radius 2 is 1.61 bits per heavy atom. The summed E-state index contributed by atoms with van der Waals surface area (Å²) in [5.41, 5.74) is 4.17. The van der Waals surface area contributed by atoms with Crippen LogP contribution in [0.15, 0.2) is 72.3 Å². The lowest BCUT2D eigenvalue weighted by Gasteiger charge is -2.25. The first-order chi connectivity index (χ1) is 15.8. The molecular formula is C27H24ClNO4. The molecule has 4 rings (SSSR count). The van der Waals surface area contributed by atoms with Crippen LogP contribution in [0.2, 0.25) is 5.02 Å². The van der Waals surface area contributed by atoms with Crippen LogP contribution in [-0.2, 0) is 16.0 Å². The maximum absolute atomic E-state index is 13.1. The van der Waals surface area contributed by atoms with Gasteiger partial charge in [-0.05, 0) is 72.9 Å². The molecule has 0 radical (unpaired) electrons. The van der Waals surface area contributed by atoms with E-state index in [1.54, 1.807) is 36.4 Å². The Labute approximate surface area is 197 Å². The molecule has 0 aliphatic carbocycles. The second-order valence-corrected chi connectivity index (χ2v) is 8.70. The van der Waals surface area contributed by atoms with Gasteiger partial charge in [-0.3, -0.25) is 9.59 Å². The van der Waals surface area contributed by atoms with Gasteiger partial charge in [-0.25, -0.2) is 0 Å². The van der Waals surface area contributed by atoms with Crippen LogP contribution in [-0.4, -0.2) is 33.3 Å². The minimum absolute atomic E-state index is 0.0463. The number of benzene rings is 3. The number of hydrogen-bond donors (Lipinski definition) is 2. The van der Waals surface area contributed by atoms with Gasteiger partial charge in [0.05, 0.1) is 11.6 Å². The summed E-state index contributed by atoms with van der Waals surface area (Å²) in [6, 6.07) is 18.3. The number of ketones is 1. The number of aliphatic hydroxyl groups excluding tert-OH is 1. The molecule has 3 aromatic rings. The van der Waals surface area contributed by atoms with E-state index in [2.05, 4.69) is 0 Å². The SMILES string of the molecule is Cc1ccc(/C(O)=C2/C(=O)C(=O)N(CCc3ccc(Cl)cc3)C2c2ccc(O)cc2)cc1C. The molecule has 1 aliphatic heterocycles. The molecule has 3 aromatic carbocycles. The zero-order chi connectivity index (χ0) is 23.7. The standard InChI is InChI=1S/C27H24ClNO4/c1-16-3-6-20(15-17(16)2)25(31)23-24(19-7-11-22(30)12-8-19)29(27(33)26(23)32)14-13-18-4-9-21(28)10-5-18/h3-12,15,24,30-31H,13-14H2,1-2H3/b25-23-. The molecule has 0 saturated carbocycles. The molecule has 1 unspecified atom stereocenters. The number of hydrogen-bond acceptors (Lipinski definition) is 4. The highest BCUT2D eigenvalue weighted by molar-refractivity contribution is 6.46. The molecule has 33 heavy (non-hydrogen) atoms. The van der Waals surface area contributed by atoms with Crippen LogP contribution in [0.4, 0.5) is 0 Å². The minimum Gasteiger partial charge on any atom is -0.508 e. The van der Waals surface area contributed by atoms with Gasteiger partial charge in [-0.2, -0.15) is 0 Å². The predicted octanol–water partition coefficient (Wildman–Crippen LogP) is 5.33. The second kappa shape index (κ2) is 9.12. The van der Waals surface area contributed by atoms with E-state index < -0.39 is 17.7 Å². The lowest BCUT2D eigenvalue weighted by molar-refractivity contribution is -0.139. The third-order valence-corrected chi connectivity index (χ3v) is 6.34. The molecule has 1 heterocycles. The van der Waals surface area contributed by atoms with Crippen molar-refractivity contribution in [2.75, 3.05) is 6.54 Å². The first-order valence-electron chi connectivity index (χ1n) is 10.7. The number of aliphatic hydroxyl groups is 1. The van der Waals surface area contributed by atoms with E-state index >= 15 is 0 Å². The highest BCUT2D eigenvalue weighted by Crippen LogP contribution is 2.40.